The monoisotopic (exact) mass is 224 g/mol. The molecule has 0 heterocycles. The summed E-state index contributed by atoms with van der Waals surface area (Å²) in [5.41, 5.74) is 0. The molecular formula is C11H16N2O3. The van der Waals surface area contributed by atoms with Crippen molar-refractivity contribution in [3.63, 3.8) is 0 Å². The minimum Gasteiger partial charge on any atom is -0.465 e. The van der Waals surface area contributed by atoms with Gasteiger partial charge < -0.3 is 9.64 Å². The summed E-state index contributed by atoms with van der Waals surface area (Å²) >= 11 is 0. The zero-order valence-electron chi connectivity index (χ0n) is 9.60. The molecule has 1 rings (SSSR count). The standard InChI is InChI=1S/C11H16N2O3/c1-3-16-10(14)7-13(9-4-5-9)11(15)8(2)6-12/h8-9H,3-5,7H2,1-2H3. The highest BCUT2D eigenvalue weighted by Crippen LogP contribution is 2.27. The van der Waals surface area contributed by atoms with Crippen molar-refractivity contribution in [3.8, 4) is 6.07 Å². The highest BCUT2D eigenvalue weighted by Gasteiger charge is 2.35. The first-order valence-corrected chi connectivity index (χ1v) is 5.45. The second kappa shape index (κ2) is 5.50. The Bertz CT molecular complexity index is 318. The molecule has 5 heteroatoms. The van der Waals surface area contributed by atoms with E-state index in [0.717, 1.165) is 12.8 Å². The summed E-state index contributed by atoms with van der Waals surface area (Å²) in [5.74, 6) is -1.39. The maximum atomic E-state index is 11.8. The van der Waals surface area contributed by atoms with Gasteiger partial charge in [0.05, 0.1) is 12.7 Å². The lowest BCUT2D eigenvalue weighted by molar-refractivity contribution is -0.150. The van der Waals surface area contributed by atoms with Crippen molar-refractivity contribution >= 4 is 11.9 Å². The van der Waals surface area contributed by atoms with Crippen LogP contribution in [0.2, 0.25) is 0 Å². The fraction of sp³-hybridized carbons (Fsp3) is 0.727. The van der Waals surface area contributed by atoms with Crippen LogP contribution in [0.4, 0.5) is 0 Å². The Labute approximate surface area is 95.0 Å². The fourth-order valence-corrected chi connectivity index (χ4v) is 1.42. The molecule has 1 amide bonds. The number of ether oxygens (including phenoxy) is 1. The molecule has 5 nitrogen and oxygen atoms in total. The summed E-state index contributed by atoms with van der Waals surface area (Å²) in [6.07, 6.45) is 1.81. The minimum atomic E-state index is -0.699. The van der Waals surface area contributed by atoms with Gasteiger partial charge in [-0.15, -0.1) is 0 Å². The topological polar surface area (TPSA) is 70.4 Å². The summed E-state index contributed by atoms with van der Waals surface area (Å²) < 4.78 is 4.80. The lowest BCUT2D eigenvalue weighted by Gasteiger charge is -2.22. The van der Waals surface area contributed by atoms with Gasteiger partial charge in [0.25, 0.3) is 0 Å². The van der Waals surface area contributed by atoms with Gasteiger partial charge in [0.2, 0.25) is 5.91 Å². The van der Waals surface area contributed by atoms with E-state index in [1.165, 1.54) is 4.90 Å². The molecule has 0 radical (unpaired) electrons. The predicted molar refractivity (Wildman–Crippen MR) is 56.1 cm³/mol. The first-order valence-electron chi connectivity index (χ1n) is 5.45. The molecule has 1 aliphatic rings. The normalized spacial score (nSPS) is 16.1. The second-order valence-electron chi connectivity index (χ2n) is 3.85. The minimum absolute atomic E-state index is 0.0383. The van der Waals surface area contributed by atoms with Crippen molar-refractivity contribution in [1.82, 2.24) is 4.90 Å². The van der Waals surface area contributed by atoms with Crippen LogP contribution in [0.3, 0.4) is 0 Å². The van der Waals surface area contributed by atoms with E-state index in [1.54, 1.807) is 13.8 Å². The lowest BCUT2D eigenvalue weighted by atomic mass is 10.2. The number of carbonyl (C=O) groups excluding carboxylic acids is 2. The molecule has 1 unspecified atom stereocenters. The Hall–Kier alpha value is -1.57. The molecule has 0 saturated heterocycles. The zero-order chi connectivity index (χ0) is 12.1. The van der Waals surface area contributed by atoms with Crippen LogP contribution in [0, 0.1) is 17.2 Å². The summed E-state index contributed by atoms with van der Waals surface area (Å²) in [4.78, 5) is 24.6. The van der Waals surface area contributed by atoms with Gasteiger partial charge in [-0.2, -0.15) is 5.26 Å². The Morgan fingerprint density at radius 1 is 1.56 bits per heavy atom. The highest BCUT2D eigenvalue weighted by atomic mass is 16.5. The number of carbonyl (C=O) groups is 2. The van der Waals surface area contributed by atoms with Crippen molar-refractivity contribution in [3.05, 3.63) is 0 Å². The van der Waals surface area contributed by atoms with Crippen LogP contribution in [0.25, 0.3) is 0 Å². The Kier molecular flexibility index (Phi) is 4.29. The van der Waals surface area contributed by atoms with Crippen molar-refractivity contribution in [2.24, 2.45) is 5.92 Å². The average Bonchev–Trinajstić information content (AvgIpc) is 3.08. The van der Waals surface area contributed by atoms with Crippen LogP contribution in [0.15, 0.2) is 0 Å². The van der Waals surface area contributed by atoms with Crippen molar-refractivity contribution in [2.75, 3.05) is 13.2 Å². The van der Waals surface area contributed by atoms with Crippen LogP contribution in [0.1, 0.15) is 26.7 Å². The number of hydrogen-bond acceptors (Lipinski definition) is 4. The molecule has 0 spiro atoms. The first-order chi connectivity index (χ1) is 7.60. The molecule has 1 aliphatic carbocycles. The van der Waals surface area contributed by atoms with E-state index in [9.17, 15) is 9.59 Å². The molecule has 0 aliphatic heterocycles. The quantitative estimate of drug-likeness (QED) is 0.644. The summed E-state index contributed by atoms with van der Waals surface area (Å²) in [6.45, 7) is 3.53. The Balaban J connectivity index is 2.58. The third kappa shape index (κ3) is 3.23. The van der Waals surface area contributed by atoms with Crippen molar-refractivity contribution < 1.29 is 14.3 Å². The third-order valence-corrected chi connectivity index (χ3v) is 2.44. The third-order valence-electron chi connectivity index (χ3n) is 2.44. The van der Waals surface area contributed by atoms with Crippen LogP contribution in [-0.4, -0.2) is 36.0 Å². The maximum Gasteiger partial charge on any atom is 0.325 e. The van der Waals surface area contributed by atoms with E-state index in [4.69, 9.17) is 10.00 Å². The van der Waals surface area contributed by atoms with Gasteiger partial charge in [-0.1, -0.05) is 0 Å². The van der Waals surface area contributed by atoms with Gasteiger partial charge in [0, 0.05) is 6.04 Å². The molecule has 0 aromatic carbocycles. The van der Waals surface area contributed by atoms with E-state index in [-0.39, 0.29) is 18.5 Å². The van der Waals surface area contributed by atoms with Gasteiger partial charge in [-0.3, -0.25) is 9.59 Å². The molecular weight excluding hydrogens is 208 g/mol. The van der Waals surface area contributed by atoms with E-state index in [2.05, 4.69) is 0 Å². The molecule has 16 heavy (non-hydrogen) atoms. The van der Waals surface area contributed by atoms with E-state index < -0.39 is 11.9 Å². The largest absolute Gasteiger partial charge is 0.465 e. The van der Waals surface area contributed by atoms with Crippen molar-refractivity contribution in [2.45, 2.75) is 32.7 Å². The molecule has 0 aromatic heterocycles. The predicted octanol–water partition coefficient (Wildman–Crippen LogP) is 0.700. The van der Waals surface area contributed by atoms with E-state index >= 15 is 0 Å². The maximum absolute atomic E-state index is 11.8. The summed E-state index contributed by atoms with van der Waals surface area (Å²) in [7, 11) is 0. The fourth-order valence-electron chi connectivity index (χ4n) is 1.42. The molecule has 0 bridgehead atoms. The number of hydrogen-bond donors (Lipinski definition) is 0. The molecule has 1 fully saturated rings. The number of amides is 1. The Morgan fingerprint density at radius 2 is 2.19 bits per heavy atom. The summed E-state index contributed by atoms with van der Waals surface area (Å²) in [5, 5.41) is 8.68. The molecule has 1 saturated carbocycles. The van der Waals surface area contributed by atoms with Gasteiger partial charge in [0.1, 0.15) is 12.5 Å². The molecule has 1 atom stereocenters. The van der Waals surface area contributed by atoms with E-state index in [0.29, 0.717) is 6.61 Å². The van der Waals surface area contributed by atoms with Crippen molar-refractivity contribution in [1.29, 1.82) is 5.26 Å². The van der Waals surface area contributed by atoms with Crippen LogP contribution in [-0.2, 0) is 14.3 Å². The SMILES string of the molecule is CCOC(=O)CN(C(=O)C(C)C#N)C1CC1. The highest BCUT2D eigenvalue weighted by molar-refractivity contribution is 5.85. The second-order valence-corrected chi connectivity index (χ2v) is 3.85. The average molecular weight is 224 g/mol. The van der Waals surface area contributed by atoms with Gasteiger partial charge in [-0.05, 0) is 26.7 Å². The summed E-state index contributed by atoms with van der Waals surface area (Å²) in [6, 6.07) is 2.01. The first kappa shape index (κ1) is 12.5. The number of rotatable bonds is 5. The zero-order valence-corrected chi connectivity index (χ0v) is 9.60. The molecule has 0 N–H and O–H groups in total. The van der Waals surface area contributed by atoms with E-state index in [1.807, 2.05) is 6.07 Å². The Morgan fingerprint density at radius 3 is 2.62 bits per heavy atom. The number of nitrogens with zero attached hydrogens (tertiary/aromatic N) is 2. The lowest BCUT2D eigenvalue weighted by Crippen LogP contribution is -2.40. The molecule has 0 aromatic rings. The van der Waals surface area contributed by atoms with Crippen LogP contribution >= 0.6 is 0 Å². The molecule has 88 valence electrons. The number of esters is 1. The van der Waals surface area contributed by atoms with Crippen LogP contribution in [0.5, 0.6) is 0 Å². The van der Waals surface area contributed by atoms with Gasteiger partial charge in [-0.25, -0.2) is 0 Å². The number of nitriles is 1. The van der Waals surface area contributed by atoms with Gasteiger partial charge >= 0.3 is 5.97 Å². The van der Waals surface area contributed by atoms with Gasteiger partial charge in [0.15, 0.2) is 0 Å². The smallest absolute Gasteiger partial charge is 0.325 e. The van der Waals surface area contributed by atoms with Crippen LogP contribution < -0.4 is 0 Å².